The number of hydrogen-bond donors (Lipinski definition) is 2. The van der Waals surface area contributed by atoms with Crippen LogP contribution in [0.25, 0.3) is 22.2 Å². The molecule has 0 saturated heterocycles. The Kier molecular flexibility index (Phi) is 9.11. The van der Waals surface area contributed by atoms with E-state index in [1.807, 2.05) is 47.3 Å². The first kappa shape index (κ1) is 29.9. The van der Waals surface area contributed by atoms with E-state index >= 15 is 0 Å². The number of halogens is 3. The average Bonchev–Trinajstić information content (AvgIpc) is 3.24. The second-order valence-corrected chi connectivity index (χ2v) is 11.8. The molecule has 1 aliphatic carbocycles. The standard InChI is InChI=1S/C28H34F3N3O5S/c1-18(28(29,30)31)32-27(35)20-4-9-22(10-5-20)33-40(36,37)24-13-8-21-16-25(34(2)26(21)17-24)19-6-11-23(12-7-19)39-15-14-38-3/h6-8,11-13,16-18,20,22,33H,4-5,9-10,14-15H2,1-3H3,(H,32,35)/t18-,20?,22?/m1/s1. The summed E-state index contributed by atoms with van der Waals surface area (Å²) in [6, 6.07) is 12.2. The van der Waals surface area contributed by atoms with Crippen molar-refractivity contribution in [3.63, 3.8) is 0 Å². The number of fused-ring (bicyclic) bond motifs is 1. The number of ether oxygens (including phenoxy) is 2. The first-order valence-electron chi connectivity index (χ1n) is 13.1. The smallest absolute Gasteiger partial charge is 0.408 e. The lowest BCUT2D eigenvalue weighted by Gasteiger charge is -2.29. The minimum Gasteiger partial charge on any atom is -0.491 e. The van der Waals surface area contributed by atoms with Crippen LogP contribution in [0.5, 0.6) is 5.75 Å². The zero-order valence-electron chi connectivity index (χ0n) is 22.6. The second-order valence-electron chi connectivity index (χ2n) is 10.1. The summed E-state index contributed by atoms with van der Waals surface area (Å²) in [6.07, 6.45) is -3.18. The van der Waals surface area contributed by atoms with Crippen molar-refractivity contribution >= 4 is 26.8 Å². The molecule has 2 aromatic carbocycles. The number of hydrogen-bond acceptors (Lipinski definition) is 5. The Hall–Kier alpha value is -3.09. The maximum Gasteiger partial charge on any atom is 0.408 e. The van der Waals surface area contributed by atoms with Gasteiger partial charge in [0.2, 0.25) is 15.9 Å². The van der Waals surface area contributed by atoms with Gasteiger partial charge in [-0.2, -0.15) is 13.2 Å². The number of methoxy groups -OCH3 is 1. The topological polar surface area (TPSA) is 98.7 Å². The number of amides is 1. The van der Waals surface area contributed by atoms with Crippen LogP contribution in [0.3, 0.4) is 0 Å². The van der Waals surface area contributed by atoms with Crippen LogP contribution < -0.4 is 14.8 Å². The van der Waals surface area contributed by atoms with Crippen LogP contribution in [0.4, 0.5) is 13.2 Å². The largest absolute Gasteiger partial charge is 0.491 e. The number of aryl methyl sites for hydroxylation is 1. The summed E-state index contributed by atoms with van der Waals surface area (Å²) in [5.41, 5.74) is 2.61. The van der Waals surface area contributed by atoms with Gasteiger partial charge in [0.1, 0.15) is 18.4 Å². The van der Waals surface area contributed by atoms with Crippen molar-refractivity contribution in [2.75, 3.05) is 20.3 Å². The highest BCUT2D eigenvalue weighted by atomic mass is 32.2. The molecule has 1 fully saturated rings. The fraction of sp³-hybridized carbons (Fsp3) is 0.464. The lowest BCUT2D eigenvalue weighted by Crippen LogP contribution is -2.47. The van der Waals surface area contributed by atoms with E-state index in [0.717, 1.165) is 34.8 Å². The van der Waals surface area contributed by atoms with Crippen LogP contribution in [-0.4, -0.2) is 57.5 Å². The minimum atomic E-state index is -4.51. The van der Waals surface area contributed by atoms with Gasteiger partial charge < -0.3 is 19.4 Å². The third kappa shape index (κ3) is 6.97. The fourth-order valence-corrected chi connectivity index (χ4v) is 6.22. The molecule has 218 valence electrons. The maximum absolute atomic E-state index is 13.2. The van der Waals surface area contributed by atoms with Crippen molar-refractivity contribution in [2.24, 2.45) is 13.0 Å². The highest BCUT2D eigenvalue weighted by molar-refractivity contribution is 7.89. The molecule has 1 saturated carbocycles. The van der Waals surface area contributed by atoms with Crippen LogP contribution in [0.1, 0.15) is 32.6 Å². The van der Waals surface area contributed by atoms with Crippen LogP contribution in [0.2, 0.25) is 0 Å². The molecule has 40 heavy (non-hydrogen) atoms. The summed E-state index contributed by atoms with van der Waals surface area (Å²) in [6.45, 7) is 1.85. The number of rotatable bonds is 10. The number of alkyl halides is 3. The van der Waals surface area contributed by atoms with Crippen LogP contribution in [0, 0.1) is 5.92 Å². The SMILES string of the molecule is COCCOc1ccc(-c2cc3ccc(S(=O)(=O)NC4CCC(C(=O)N[C@H](C)C(F)(F)F)CC4)cc3n2C)cc1. The predicted octanol–water partition coefficient (Wildman–Crippen LogP) is 4.77. The molecular weight excluding hydrogens is 547 g/mol. The number of carbonyl (C=O) groups is 1. The van der Waals surface area contributed by atoms with Gasteiger partial charge in [-0.25, -0.2) is 13.1 Å². The van der Waals surface area contributed by atoms with Gasteiger partial charge in [0.25, 0.3) is 0 Å². The maximum atomic E-state index is 13.2. The van der Waals surface area contributed by atoms with E-state index in [4.69, 9.17) is 9.47 Å². The lowest BCUT2D eigenvalue weighted by atomic mass is 9.86. The number of carbonyl (C=O) groups excluding carboxylic acids is 1. The van der Waals surface area contributed by atoms with Gasteiger partial charge in [0.05, 0.1) is 11.5 Å². The van der Waals surface area contributed by atoms with E-state index in [1.54, 1.807) is 25.3 Å². The molecule has 1 amide bonds. The Balaban J connectivity index is 1.41. The molecule has 1 aliphatic rings. The Bertz CT molecular complexity index is 1430. The number of nitrogens with zero attached hydrogens (tertiary/aromatic N) is 1. The Morgan fingerprint density at radius 3 is 2.35 bits per heavy atom. The molecule has 12 heteroatoms. The van der Waals surface area contributed by atoms with Gasteiger partial charge in [-0.15, -0.1) is 0 Å². The quantitative estimate of drug-likeness (QED) is 0.336. The van der Waals surface area contributed by atoms with E-state index in [2.05, 4.69) is 4.72 Å². The zero-order chi connectivity index (χ0) is 29.1. The molecular formula is C28H34F3N3O5S. The highest BCUT2D eigenvalue weighted by Gasteiger charge is 2.38. The molecule has 2 N–H and O–H groups in total. The molecule has 1 heterocycles. The first-order valence-corrected chi connectivity index (χ1v) is 14.6. The number of aromatic nitrogens is 1. The number of sulfonamides is 1. The van der Waals surface area contributed by atoms with Gasteiger partial charge in [-0.05, 0) is 80.6 Å². The number of benzene rings is 2. The second kappa shape index (κ2) is 12.2. The molecule has 0 aliphatic heterocycles. The lowest BCUT2D eigenvalue weighted by molar-refractivity contribution is -0.159. The zero-order valence-corrected chi connectivity index (χ0v) is 23.4. The summed E-state index contributed by atoms with van der Waals surface area (Å²) >= 11 is 0. The van der Waals surface area contributed by atoms with E-state index < -0.39 is 40.1 Å². The van der Waals surface area contributed by atoms with Crippen molar-refractivity contribution in [2.45, 2.75) is 55.8 Å². The highest BCUT2D eigenvalue weighted by Crippen LogP contribution is 2.31. The van der Waals surface area contributed by atoms with Gasteiger partial charge in [0, 0.05) is 42.7 Å². The van der Waals surface area contributed by atoms with E-state index in [-0.39, 0.29) is 4.90 Å². The van der Waals surface area contributed by atoms with Crippen LogP contribution in [-0.2, 0) is 26.6 Å². The summed E-state index contributed by atoms with van der Waals surface area (Å²) in [5, 5.41) is 2.90. The summed E-state index contributed by atoms with van der Waals surface area (Å²) in [7, 11) is -0.373. The van der Waals surface area contributed by atoms with Gasteiger partial charge in [0.15, 0.2) is 0 Å². The third-order valence-electron chi connectivity index (χ3n) is 7.30. The fourth-order valence-electron chi connectivity index (χ4n) is 4.89. The summed E-state index contributed by atoms with van der Waals surface area (Å²) < 4.78 is 79.9. The third-order valence-corrected chi connectivity index (χ3v) is 8.82. The molecule has 3 aromatic rings. The normalized spacial score (nSPS) is 18.9. The van der Waals surface area contributed by atoms with Crippen molar-refractivity contribution in [1.82, 2.24) is 14.6 Å². The van der Waals surface area contributed by atoms with Gasteiger partial charge >= 0.3 is 6.18 Å². The van der Waals surface area contributed by atoms with Crippen LogP contribution >= 0.6 is 0 Å². The Morgan fingerprint density at radius 2 is 1.73 bits per heavy atom. The van der Waals surface area contributed by atoms with Crippen molar-refractivity contribution in [3.05, 3.63) is 48.5 Å². The Morgan fingerprint density at radius 1 is 1.05 bits per heavy atom. The van der Waals surface area contributed by atoms with Crippen molar-refractivity contribution < 1.29 is 35.9 Å². The Labute approximate surface area is 231 Å². The molecule has 0 bridgehead atoms. The van der Waals surface area contributed by atoms with Crippen molar-refractivity contribution in [1.29, 1.82) is 0 Å². The summed E-state index contributed by atoms with van der Waals surface area (Å²) in [4.78, 5) is 12.4. The molecule has 1 aromatic heterocycles. The van der Waals surface area contributed by atoms with Gasteiger partial charge in [-0.3, -0.25) is 4.79 Å². The monoisotopic (exact) mass is 581 g/mol. The van der Waals surface area contributed by atoms with Crippen LogP contribution in [0.15, 0.2) is 53.4 Å². The molecule has 8 nitrogen and oxygen atoms in total. The first-order chi connectivity index (χ1) is 18.9. The molecule has 0 unspecified atom stereocenters. The van der Waals surface area contributed by atoms with E-state index in [0.29, 0.717) is 38.9 Å². The van der Waals surface area contributed by atoms with Crippen molar-refractivity contribution in [3.8, 4) is 17.0 Å². The average molecular weight is 582 g/mol. The van der Waals surface area contributed by atoms with E-state index in [1.165, 1.54) is 0 Å². The minimum absolute atomic E-state index is 0.119. The van der Waals surface area contributed by atoms with Gasteiger partial charge in [-0.1, -0.05) is 6.07 Å². The molecule has 0 spiro atoms. The predicted molar refractivity (Wildman–Crippen MR) is 145 cm³/mol. The number of nitrogens with one attached hydrogen (secondary N) is 2. The molecule has 1 atom stereocenters. The summed E-state index contributed by atoms with van der Waals surface area (Å²) in [5.74, 6) is -0.497. The van der Waals surface area contributed by atoms with E-state index in [9.17, 15) is 26.4 Å². The molecule has 0 radical (unpaired) electrons. The molecule has 4 rings (SSSR count).